The predicted octanol–water partition coefficient (Wildman–Crippen LogP) is 5.25. The summed E-state index contributed by atoms with van der Waals surface area (Å²) in [6, 6.07) is 15.1. The highest BCUT2D eigenvalue weighted by Gasteiger charge is 2.11. The van der Waals surface area contributed by atoms with Gasteiger partial charge in [0.1, 0.15) is 12.4 Å². The molecule has 1 heterocycles. The molecule has 0 saturated carbocycles. The van der Waals surface area contributed by atoms with Crippen LogP contribution < -0.4 is 15.4 Å². The lowest BCUT2D eigenvalue weighted by atomic mass is 10.0. The van der Waals surface area contributed by atoms with E-state index in [0.29, 0.717) is 25.1 Å². The molecule has 3 rings (SSSR count). The fraction of sp³-hybridized carbons (Fsp3) is 0.273. The van der Waals surface area contributed by atoms with Crippen molar-refractivity contribution in [2.75, 3.05) is 31.0 Å². The largest absolute Gasteiger partial charge is 0.491 e. The van der Waals surface area contributed by atoms with Crippen LogP contribution in [0.15, 0.2) is 54.7 Å². The molecule has 7 heteroatoms. The fourth-order valence-electron chi connectivity index (χ4n) is 2.76. The Morgan fingerprint density at radius 3 is 2.48 bits per heavy atom. The highest BCUT2D eigenvalue weighted by molar-refractivity contribution is 5.63. The average Bonchev–Trinajstić information content (AvgIpc) is 2.72. The summed E-state index contributed by atoms with van der Waals surface area (Å²) in [5.74, 6) is 0.932. The lowest BCUT2D eigenvalue weighted by molar-refractivity contribution is 0.146. The average molecular weight is 396 g/mol. The van der Waals surface area contributed by atoms with Gasteiger partial charge in [-0.1, -0.05) is 32.0 Å². The smallest absolute Gasteiger partial charge is 0.229 e. The first kappa shape index (κ1) is 20.5. The molecule has 0 aliphatic carbocycles. The summed E-state index contributed by atoms with van der Waals surface area (Å²) >= 11 is 0. The minimum absolute atomic E-state index is 0.120. The molecule has 2 N–H and O–H groups in total. The summed E-state index contributed by atoms with van der Waals surface area (Å²) < 4.78 is 24.8. The molecule has 0 spiro atoms. The number of nitrogens with one attached hydrogen (secondary N) is 2. The van der Waals surface area contributed by atoms with Crippen molar-refractivity contribution in [1.29, 1.82) is 0 Å². The van der Waals surface area contributed by atoms with Gasteiger partial charge >= 0.3 is 0 Å². The number of hydrogen-bond acceptors (Lipinski definition) is 6. The number of nitrogens with zero attached hydrogens (tertiary/aromatic N) is 2. The van der Waals surface area contributed by atoms with Gasteiger partial charge in [0.25, 0.3) is 0 Å². The zero-order valence-corrected chi connectivity index (χ0v) is 16.8. The molecule has 1 aromatic heterocycles. The third-order valence-electron chi connectivity index (χ3n) is 4.25. The Kier molecular flexibility index (Phi) is 6.97. The van der Waals surface area contributed by atoms with E-state index in [4.69, 9.17) is 9.47 Å². The van der Waals surface area contributed by atoms with Crippen molar-refractivity contribution >= 4 is 23.1 Å². The van der Waals surface area contributed by atoms with E-state index >= 15 is 0 Å². The van der Waals surface area contributed by atoms with Crippen LogP contribution in [0.5, 0.6) is 5.75 Å². The molecule has 0 radical (unpaired) electrons. The van der Waals surface area contributed by atoms with Gasteiger partial charge in [0.2, 0.25) is 5.95 Å². The molecular weight excluding hydrogens is 371 g/mol. The van der Waals surface area contributed by atoms with E-state index in [0.717, 1.165) is 28.9 Å². The van der Waals surface area contributed by atoms with E-state index in [-0.39, 0.29) is 5.82 Å². The molecule has 0 bridgehead atoms. The maximum Gasteiger partial charge on any atom is 0.229 e. The second-order valence-electron chi connectivity index (χ2n) is 6.75. The SMILES string of the molecule is COCCOc1ccc(Nc2ncc(F)c(Nc3ccccc3C(C)C)n2)cc1. The molecule has 0 aliphatic rings. The van der Waals surface area contributed by atoms with Gasteiger partial charge in [-0.25, -0.2) is 9.37 Å². The van der Waals surface area contributed by atoms with Crippen LogP contribution in [0.25, 0.3) is 0 Å². The van der Waals surface area contributed by atoms with Gasteiger partial charge in [-0.05, 0) is 41.8 Å². The van der Waals surface area contributed by atoms with Crippen molar-refractivity contribution in [3.05, 3.63) is 66.1 Å². The van der Waals surface area contributed by atoms with E-state index < -0.39 is 5.82 Å². The Balaban J connectivity index is 1.72. The monoisotopic (exact) mass is 396 g/mol. The van der Waals surface area contributed by atoms with Gasteiger partial charge < -0.3 is 20.1 Å². The Morgan fingerprint density at radius 1 is 1.00 bits per heavy atom. The predicted molar refractivity (Wildman–Crippen MR) is 113 cm³/mol. The maximum atomic E-state index is 14.3. The summed E-state index contributed by atoms with van der Waals surface area (Å²) in [5.41, 5.74) is 2.68. The van der Waals surface area contributed by atoms with Crippen LogP contribution in [0.1, 0.15) is 25.3 Å². The fourth-order valence-corrected chi connectivity index (χ4v) is 2.76. The molecule has 0 atom stereocenters. The minimum atomic E-state index is -0.518. The molecule has 6 nitrogen and oxygen atoms in total. The van der Waals surface area contributed by atoms with Gasteiger partial charge in [0, 0.05) is 18.5 Å². The lowest BCUT2D eigenvalue weighted by Crippen LogP contribution is -2.05. The first-order chi connectivity index (χ1) is 14.1. The Labute approximate surface area is 170 Å². The molecule has 152 valence electrons. The van der Waals surface area contributed by atoms with Crippen molar-refractivity contribution in [2.45, 2.75) is 19.8 Å². The highest BCUT2D eigenvalue weighted by Crippen LogP contribution is 2.28. The molecule has 0 unspecified atom stereocenters. The van der Waals surface area contributed by atoms with E-state index in [1.807, 2.05) is 48.5 Å². The van der Waals surface area contributed by atoms with E-state index in [1.165, 1.54) is 0 Å². The first-order valence-corrected chi connectivity index (χ1v) is 9.44. The molecule has 29 heavy (non-hydrogen) atoms. The topological polar surface area (TPSA) is 68.3 Å². The number of hydrogen-bond donors (Lipinski definition) is 2. The van der Waals surface area contributed by atoms with Gasteiger partial charge in [-0.15, -0.1) is 0 Å². The van der Waals surface area contributed by atoms with Crippen LogP contribution in [-0.2, 0) is 4.74 Å². The molecule has 0 saturated heterocycles. The van der Waals surface area contributed by atoms with Crippen molar-refractivity contribution in [3.8, 4) is 5.75 Å². The van der Waals surface area contributed by atoms with Crippen LogP contribution in [0, 0.1) is 5.82 Å². The molecule has 0 fully saturated rings. The summed E-state index contributed by atoms with van der Waals surface area (Å²) in [4.78, 5) is 8.32. The Hall–Kier alpha value is -3.19. The third kappa shape index (κ3) is 5.65. The van der Waals surface area contributed by atoms with Crippen molar-refractivity contribution < 1.29 is 13.9 Å². The van der Waals surface area contributed by atoms with Crippen molar-refractivity contribution in [2.24, 2.45) is 0 Å². The number of para-hydroxylation sites is 1. The lowest BCUT2D eigenvalue weighted by Gasteiger charge is -2.15. The number of benzene rings is 2. The number of ether oxygens (including phenoxy) is 2. The van der Waals surface area contributed by atoms with Crippen molar-refractivity contribution in [1.82, 2.24) is 9.97 Å². The second kappa shape index (κ2) is 9.84. The van der Waals surface area contributed by atoms with Crippen LogP contribution in [0.3, 0.4) is 0 Å². The Morgan fingerprint density at radius 2 is 1.76 bits per heavy atom. The molecule has 2 aromatic carbocycles. The second-order valence-corrected chi connectivity index (χ2v) is 6.75. The normalized spacial score (nSPS) is 10.8. The van der Waals surface area contributed by atoms with Crippen molar-refractivity contribution in [3.63, 3.8) is 0 Å². The van der Waals surface area contributed by atoms with Crippen LogP contribution in [0.4, 0.5) is 27.5 Å². The molecule has 0 amide bonds. The van der Waals surface area contributed by atoms with Gasteiger partial charge in [-0.2, -0.15) is 4.98 Å². The standard InChI is InChI=1S/C22H25FN4O2/c1-15(2)18-6-4-5-7-20(18)26-21-19(23)14-24-22(27-21)25-16-8-10-17(11-9-16)29-13-12-28-3/h4-11,14-15H,12-13H2,1-3H3,(H2,24,25,26,27). The zero-order valence-electron chi connectivity index (χ0n) is 16.8. The molecule has 0 aliphatic heterocycles. The van der Waals surface area contributed by atoms with E-state index in [2.05, 4.69) is 34.4 Å². The summed E-state index contributed by atoms with van der Waals surface area (Å²) in [6.45, 7) is 5.19. The number of aromatic nitrogens is 2. The third-order valence-corrected chi connectivity index (χ3v) is 4.25. The van der Waals surface area contributed by atoms with Crippen LogP contribution in [0.2, 0.25) is 0 Å². The highest BCUT2D eigenvalue weighted by atomic mass is 19.1. The van der Waals surface area contributed by atoms with E-state index in [9.17, 15) is 4.39 Å². The molecule has 3 aromatic rings. The summed E-state index contributed by atoms with van der Waals surface area (Å²) in [6.07, 6.45) is 1.15. The Bertz CT molecular complexity index is 932. The van der Waals surface area contributed by atoms with E-state index in [1.54, 1.807) is 7.11 Å². The number of halogens is 1. The summed E-state index contributed by atoms with van der Waals surface area (Å²) in [5, 5.41) is 6.17. The first-order valence-electron chi connectivity index (χ1n) is 9.44. The van der Waals surface area contributed by atoms with Gasteiger partial charge in [0.05, 0.1) is 12.8 Å². The van der Waals surface area contributed by atoms with Crippen LogP contribution >= 0.6 is 0 Å². The van der Waals surface area contributed by atoms with Gasteiger partial charge in [0.15, 0.2) is 11.6 Å². The number of methoxy groups -OCH3 is 1. The maximum absolute atomic E-state index is 14.3. The van der Waals surface area contributed by atoms with Crippen LogP contribution in [-0.4, -0.2) is 30.3 Å². The van der Waals surface area contributed by atoms with Gasteiger partial charge in [-0.3, -0.25) is 0 Å². The summed E-state index contributed by atoms with van der Waals surface area (Å²) in [7, 11) is 1.63. The number of anilines is 4. The minimum Gasteiger partial charge on any atom is -0.491 e. The quantitative estimate of drug-likeness (QED) is 0.482. The number of rotatable bonds is 9. The zero-order chi connectivity index (χ0) is 20.6. The molecular formula is C22H25FN4O2.